The standard InChI is InChI=1S/C16H22N2O/c1-16(2,17-11-19)15-13-9-18(10-14(13)15)8-12-6-4-3-5-7-12/h3-7,11,13-15H,8-10H2,1-2H3,(H,17,19)/t13-,14+,15?. The number of nitrogens with zero attached hydrogens (tertiary/aromatic N) is 1. The third kappa shape index (κ3) is 2.39. The third-order valence-electron chi connectivity index (χ3n) is 4.78. The highest BCUT2D eigenvalue weighted by Gasteiger charge is 2.61. The molecule has 3 nitrogen and oxygen atoms in total. The number of likely N-dealkylation sites (tertiary alicyclic amines) is 1. The fourth-order valence-electron chi connectivity index (χ4n) is 3.90. The monoisotopic (exact) mass is 258 g/mol. The molecule has 1 unspecified atom stereocenters. The summed E-state index contributed by atoms with van der Waals surface area (Å²) in [6.45, 7) is 7.70. The zero-order valence-electron chi connectivity index (χ0n) is 11.7. The summed E-state index contributed by atoms with van der Waals surface area (Å²) in [5.74, 6) is 2.20. The summed E-state index contributed by atoms with van der Waals surface area (Å²) in [7, 11) is 0. The van der Waals surface area contributed by atoms with E-state index in [1.165, 1.54) is 18.7 Å². The minimum atomic E-state index is -0.0457. The van der Waals surface area contributed by atoms with Crippen molar-refractivity contribution in [3.05, 3.63) is 35.9 Å². The first-order valence-electron chi connectivity index (χ1n) is 7.09. The van der Waals surface area contributed by atoms with Crippen molar-refractivity contribution in [1.82, 2.24) is 10.2 Å². The lowest BCUT2D eigenvalue weighted by molar-refractivity contribution is -0.111. The number of benzene rings is 1. The molecule has 3 atom stereocenters. The smallest absolute Gasteiger partial charge is 0.207 e. The van der Waals surface area contributed by atoms with Gasteiger partial charge in [0.2, 0.25) is 6.41 Å². The maximum atomic E-state index is 10.7. The molecule has 1 aromatic rings. The van der Waals surface area contributed by atoms with Crippen LogP contribution in [0.3, 0.4) is 0 Å². The molecule has 19 heavy (non-hydrogen) atoms. The van der Waals surface area contributed by atoms with Gasteiger partial charge in [0.25, 0.3) is 0 Å². The van der Waals surface area contributed by atoms with E-state index in [2.05, 4.69) is 54.4 Å². The van der Waals surface area contributed by atoms with Crippen LogP contribution < -0.4 is 5.32 Å². The van der Waals surface area contributed by atoms with Crippen molar-refractivity contribution in [2.45, 2.75) is 25.9 Å². The van der Waals surface area contributed by atoms with Gasteiger partial charge in [-0.15, -0.1) is 0 Å². The minimum Gasteiger partial charge on any atom is -0.354 e. The van der Waals surface area contributed by atoms with Gasteiger partial charge in [0.05, 0.1) is 0 Å². The highest BCUT2D eigenvalue weighted by atomic mass is 16.1. The van der Waals surface area contributed by atoms with Crippen molar-refractivity contribution in [2.24, 2.45) is 17.8 Å². The molecule has 1 N–H and O–H groups in total. The van der Waals surface area contributed by atoms with E-state index in [0.717, 1.165) is 24.8 Å². The average molecular weight is 258 g/mol. The number of carbonyl (C=O) groups is 1. The van der Waals surface area contributed by atoms with Crippen LogP contribution in [0.1, 0.15) is 19.4 Å². The van der Waals surface area contributed by atoms with Crippen LogP contribution in [0.15, 0.2) is 30.3 Å². The predicted molar refractivity (Wildman–Crippen MR) is 75.5 cm³/mol. The van der Waals surface area contributed by atoms with E-state index in [1.807, 2.05) is 0 Å². The minimum absolute atomic E-state index is 0.0457. The van der Waals surface area contributed by atoms with E-state index in [0.29, 0.717) is 5.92 Å². The van der Waals surface area contributed by atoms with E-state index >= 15 is 0 Å². The Morgan fingerprint density at radius 1 is 1.26 bits per heavy atom. The predicted octanol–water partition coefficient (Wildman–Crippen LogP) is 1.89. The van der Waals surface area contributed by atoms with Gasteiger partial charge in [0, 0.05) is 25.2 Å². The van der Waals surface area contributed by atoms with Gasteiger partial charge in [-0.05, 0) is 37.2 Å². The molecule has 1 saturated carbocycles. The number of hydrogen-bond donors (Lipinski definition) is 1. The second-order valence-electron chi connectivity index (χ2n) is 6.52. The molecule has 0 bridgehead atoms. The van der Waals surface area contributed by atoms with Crippen LogP contribution in [0, 0.1) is 17.8 Å². The number of rotatable bonds is 5. The molecule has 1 heterocycles. The molecule has 1 aliphatic heterocycles. The average Bonchev–Trinajstić information content (AvgIpc) is 2.90. The van der Waals surface area contributed by atoms with Crippen molar-refractivity contribution in [1.29, 1.82) is 0 Å². The molecule has 0 radical (unpaired) electrons. The number of hydrogen-bond acceptors (Lipinski definition) is 2. The normalized spacial score (nSPS) is 29.9. The highest BCUT2D eigenvalue weighted by molar-refractivity contribution is 5.48. The van der Waals surface area contributed by atoms with E-state index < -0.39 is 0 Å². The number of fused-ring (bicyclic) bond motifs is 1. The Kier molecular flexibility index (Phi) is 3.09. The number of nitrogens with one attached hydrogen (secondary N) is 1. The lowest BCUT2D eigenvalue weighted by Gasteiger charge is -2.28. The van der Waals surface area contributed by atoms with Gasteiger partial charge in [0.15, 0.2) is 0 Å². The molecule has 2 fully saturated rings. The first-order valence-corrected chi connectivity index (χ1v) is 7.09. The summed E-state index contributed by atoms with van der Waals surface area (Å²) in [5, 5.41) is 2.98. The Morgan fingerprint density at radius 2 is 1.89 bits per heavy atom. The molecule has 102 valence electrons. The molecular weight excluding hydrogens is 236 g/mol. The van der Waals surface area contributed by atoms with Crippen LogP contribution in [0.5, 0.6) is 0 Å². The van der Waals surface area contributed by atoms with E-state index in [9.17, 15) is 4.79 Å². The summed E-state index contributed by atoms with van der Waals surface area (Å²) in [6.07, 6.45) is 0.843. The SMILES string of the molecule is CC(C)(NC=O)C1[C@H]2CN(Cc3ccccc3)C[C@@H]12. The summed E-state index contributed by atoms with van der Waals surface area (Å²) in [6, 6.07) is 10.7. The van der Waals surface area contributed by atoms with Crippen LogP contribution in [0.2, 0.25) is 0 Å². The molecule has 1 aliphatic carbocycles. The van der Waals surface area contributed by atoms with Crippen LogP contribution in [0.4, 0.5) is 0 Å². The summed E-state index contributed by atoms with van der Waals surface area (Å²) < 4.78 is 0. The maximum absolute atomic E-state index is 10.7. The Hall–Kier alpha value is -1.35. The largest absolute Gasteiger partial charge is 0.354 e. The van der Waals surface area contributed by atoms with Crippen LogP contribution in [0.25, 0.3) is 0 Å². The van der Waals surface area contributed by atoms with Gasteiger partial charge in [-0.25, -0.2) is 0 Å². The second-order valence-corrected chi connectivity index (χ2v) is 6.52. The van der Waals surface area contributed by atoms with Crippen LogP contribution in [-0.4, -0.2) is 29.9 Å². The summed E-state index contributed by atoms with van der Waals surface area (Å²) in [4.78, 5) is 13.2. The van der Waals surface area contributed by atoms with Crippen LogP contribution in [-0.2, 0) is 11.3 Å². The third-order valence-corrected chi connectivity index (χ3v) is 4.78. The fraction of sp³-hybridized carbons (Fsp3) is 0.562. The highest BCUT2D eigenvalue weighted by Crippen LogP contribution is 2.56. The van der Waals surface area contributed by atoms with Crippen molar-refractivity contribution in [3.8, 4) is 0 Å². The van der Waals surface area contributed by atoms with Gasteiger partial charge in [-0.1, -0.05) is 30.3 Å². The van der Waals surface area contributed by atoms with Gasteiger partial charge in [0.1, 0.15) is 0 Å². The van der Waals surface area contributed by atoms with Crippen LogP contribution >= 0.6 is 0 Å². The van der Waals surface area contributed by atoms with Crippen molar-refractivity contribution in [3.63, 3.8) is 0 Å². The molecule has 1 amide bonds. The van der Waals surface area contributed by atoms with Crippen molar-refractivity contribution in [2.75, 3.05) is 13.1 Å². The second kappa shape index (κ2) is 4.64. The number of amides is 1. The summed E-state index contributed by atoms with van der Waals surface area (Å²) >= 11 is 0. The molecule has 2 aliphatic rings. The Labute approximate surface area is 115 Å². The quantitative estimate of drug-likeness (QED) is 0.818. The van der Waals surface area contributed by atoms with E-state index in [4.69, 9.17) is 0 Å². The Morgan fingerprint density at radius 3 is 2.47 bits per heavy atom. The first kappa shape index (κ1) is 12.7. The molecule has 0 spiro atoms. The van der Waals surface area contributed by atoms with Gasteiger partial charge >= 0.3 is 0 Å². The fourth-order valence-corrected chi connectivity index (χ4v) is 3.90. The van der Waals surface area contributed by atoms with Crippen molar-refractivity contribution < 1.29 is 4.79 Å². The van der Waals surface area contributed by atoms with Gasteiger partial charge in [-0.2, -0.15) is 0 Å². The summed E-state index contributed by atoms with van der Waals surface area (Å²) in [5.41, 5.74) is 1.35. The van der Waals surface area contributed by atoms with Crippen molar-refractivity contribution >= 4 is 6.41 Å². The Bertz CT molecular complexity index is 445. The van der Waals surface area contributed by atoms with E-state index in [1.54, 1.807) is 0 Å². The molecule has 3 rings (SSSR count). The topological polar surface area (TPSA) is 32.3 Å². The molecular formula is C16H22N2O. The molecule has 3 heteroatoms. The molecule has 1 saturated heterocycles. The molecule has 0 aromatic heterocycles. The lowest BCUT2D eigenvalue weighted by atomic mass is 9.95. The first-order chi connectivity index (χ1) is 9.12. The Balaban J connectivity index is 1.55. The molecule has 1 aromatic carbocycles. The van der Waals surface area contributed by atoms with Gasteiger partial charge < -0.3 is 5.32 Å². The zero-order chi connectivity index (χ0) is 13.5. The number of piperidine rings is 1. The lowest BCUT2D eigenvalue weighted by Crippen LogP contribution is -2.43. The zero-order valence-corrected chi connectivity index (χ0v) is 11.7. The van der Waals surface area contributed by atoms with E-state index in [-0.39, 0.29) is 5.54 Å². The maximum Gasteiger partial charge on any atom is 0.207 e. The van der Waals surface area contributed by atoms with Gasteiger partial charge in [-0.3, -0.25) is 9.69 Å². The number of carbonyl (C=O) groups excluding carboxylic acids is 1.